The number of carbonyl (C=O) groups is 6. The molecule has 5 aliphatic rings. The van der Waals surface area contributed by atoms with Crippen molar-refractivity contribution in [2.75, 3.05) is 6.61 Å². The van der Waals surface area contributed by atoms with Gasteiger partial charge in [-0.05, 0) is 67.7 Å². The van der Waals surface area contributed by atoms with Crippen LogP contribution in [0.15, 0.2) is 102 Å². The lowest BCUT2D eigenvalue weighted by atomic mass is 9.44. The summed E-state index contributed by atoms with van der Waals surface area (Å²) in [5.41, 5.74) is -6.96. The minimum absolute atomic E-state index is 0.0114. The van der Waals surface area contributed by atoms with E-state index in [1.165, 1.54) is 19.1 Å². The number of Topliss-reactive ketones (excluding diaryl/α,β-unsaturated/α-hetero) is 1. The van der Waals surface area contributed by atoms with Crippen molar-refractivity contribution < 1.29 is 67.8 Å². The summed E-state index contributed by atoms with van der Waals surface area (Å²) in [4.78, 5) is 85.5. The number of fused-ring (bicyclic) bond motifs is 5. The van der Waals surface area contributed by atoms with E-state index in [2.05, 4.69) is 5.32 Å². The van der Waals surface area contributed by atoms with Crippen LogP contribution in [0.25, 0.3) is 0 Å². The minimum atomic E-state index is -2.39. The van der Waals surface area contributed by atoms with E-state index >= 15 is 4.79 Å². The smallest absolute Gasteiger partial charge is 0.338 e. The number of ether oxygens (including phenoxy) is 5. The van der Waals surface area contributed by atoms with Gasteiger partial charge in [0.05, 0.1) is 41.6 Å². The van der Waals surface area contributed by atoms with Crippen LogP contribution in [0.2, 0.25) is 0 Å². The lowest BCUT2D eigenvalue weighted by Gasteiger charge is -2.67. The Morgan fingerprint density at radius 2 is 1.42 bits per heavy atom. The topological polar surface area (TPSA) is 221 Å². The summed E-state index contributed by atoms with van der Waals surface area (Å²) >= 11 is 0. The van der Waals surface area contributed by atoms with Gasteiger partial charge in [-0.25, -0.2) is 9.59 Å². The maximum absolute atomic E-state index is 15.7. The van der Waals surface area contributed by atoms with Crippen LogP contribution in [0, 0.1) is 22.7 Å². The van der Waals surface area contributed by atoms with E-state index in [1.54, 1.807) is 99.6 Å². The summed E-state index contributed by atoms with van der Waals surface area (Å²) in [6.07, 6.45) is -7.72. The molecule has 15 heteroatoms. The number of ketones is 1. The highest BCUT2D eigenvalue weighted by Crippen LogP contribution is 2.64. The summed E-state index contributed by atoms with van der Waals surface area (Å²) < 4.78 is 31.2. The van der Waals surface area contributed by atoms with Gasteiger partial charge in [-0.15, -0.1) is 0 Å². The standard InChI is InChI=1S/C51H57NO14/c1-28-34(64-47(60)39(55)38(30-17-9-6-10-18-30)52-44(57)31-19-11-7-12-20-31)26-51(61)43(65-45(58)32-21-13-8-14-22-32)41-49(5,42(56)40(63-29(2)53)37(28)48(51,3)4)35(54)25-36-50(41,27-62-36)66-46(59)33-23-15-16-24-33/h6-14,17-22,33-36,38-41,43,54-55,61H,15-16,23-27H2,1-5H3,(H,52,57)/t34-,35-,36+,38-,39+,40+,41-,43-,49+,50-,51+/m0/s1. The van der Waals surface area contributed by atoms with Crippen LogP contribution in [-0.4, -0.2) is 105 Å². The van der Waals surface area contributed by atoms with E-state index in [1.807, 2.05) is 0 Å². The van der Waals surface area contributed by atoms with Crippen molar-refractivity contribution in [2.24, 2.45) is 22.7 Å². The van der Waals surface area contributed by atoms with Crippen LogP contribution >= 0.6 is 0 Å². The summed E-state index contributed by atoms with van der Waals surface area (Å²) in [5, 5.41) is 40.8. The van der Waals surface area contributed by atoms with E-state index in [9.17, 15) is 39.3 Å². The molecule has 1 heterocycles. The number of aliphatic hydroxyl groups is 3. The number of carbonyl (C=O) groups excluding carboxylic acids is 6. The molecule has 0 spiro atoms. The van der Waals surface area contributed by atoms with E-state index in [0.29, 0.717) is 18.4 Å². The Hall–Kier alpha value is -5.74. The molecule has 3 aromatic carbocycles. The SMILES string of the molecule is CC(=O)O[C@H]1C(=O)[C@@]2(C)[C@H]([C@H](OC(=O)c3ccccc3)[C@]3(O)C[C@H](OC(=O)[C@H](O)[C@@H](NC(=O)c4ccccc4)c4ccccc4)C(C)=C1C3(C)C)[C@]1(OC(=O)C3CCCC3)CO[C@@H]1C[C@@H]2O. The first-order chi connectivity index (χ1) is 31.3. The van der Waals surface area contributed by atoms with Crippen LogP contribution in [-0.2, 0) is 42.9 Å². The quantitative estimate of drug-likeness (QED) is 0.114. The molecule has 8 rings (SSSR count). The molecule has 1 aliphatic heterocycles. The van der Waals surface area contributed by atoms with Crippen LogP contribution < -0.4 is 5.32 Å². The lowest BCUT2D eigenvalue weighted by molar-refractivity contribution is -0.347. The van der Waals surface area contributed by atoms with Crippen LogP contribution in [0.4, 0.5) is 0 Å². The molecule has 11 atom stereocenters. The molecule has 1 saturated heterocycles. The third-order valence-electron chi connectivity index (χ3n) is 15.1. The summed E-state index contributed by atoms with van der Waals surface area (Å²) in [6.45, 7) is 6.98. The van der Waals surface area contributed by atoms with Crippen LogP contribution in [0.3, 0.4) is 0 Å². The molecular weight excluding hydrogens is 851 g/mol. The maximum Gasteiger partial charge on any atom is 0.338 e. The number of hydrogen-bond acceptors (Lipinski definition) is 14. The van der Waals surface area contributed by atoms with Gasteiger partial charge in [0.15, 0.2) is 23.6 Å². The van der Waals surface area contributed by atoms with Gasteiger partial charge in [0.1, 0.15) is 23.9 Å². The first-order valence-electron chi connectivity index (χ1n) is 22.6. The number of nitrogens with one attached hydrogen (secondary N) is 1. The zero-order chi connectivity index (χ0) is 47.3. The fraction of sp³-hybridized carbons (Fsp3) is 0.490. The molecule has 4 aliphatic carbocycles. The molecule has 4 fully saturated rings. The molecule has 66 heavy (non-hydrogen) atoms. The van der Waals surface area contributed by atoms with Crippen molar-refractivity contribution in [3.63, 3.8) is 0 Å². The monoisotopic (exact) mass is 907 g/mol. The van der Waals surface area contributed by atoms with Gasteiger partial charge in [0.2, 0.25) is 0 Å². The lowest BCUT2D eigenvalue weighted by Crippen LogP contribution is -2.82. The van der Waals surface area contributed by atoms with Gasteiger partial charge < -0.3 is 44.3 Å². The minimum Gasteiger partial charge on any atom is -0.456 e. The second-order valence-corrected chi connectivity index (χ2v) is 19.2. The molecule has 4 N–H and O–H groups in total. The maximum atomic E-state index is 15.7. The zero-order valence-electron chi connectivity index (χ0n) is 37.6. The van der Waals surface area contributed by atoms with Gasteiger partial charge in [-0.3, -0.25) is 19.2 Å². The number of rotatable bonds is 11. The number of hydrogen-bond donors (Lipinski definition) is 4. The van der Waals surface area contributed by atoms with Crippen molar-refractivity contribution >= 4 is 35.6 Å². The highest BCUT2D eigenvalue weighted by molar-refractivity contribution is 5.96. The normalized spacial score (nSPS) is 32.2. The highest BCUT2D eigenvalue weighted by atomic mass is 16.6. The number of esters is 4. The van der Waals surface area contributed by atoms with E-state index < -0.39 is 119 Å². The van der Waals surface area contributed by atoms with Gasteiger partial charge in [0.25, 0.3) is 5.91 Å². The fourth-order valence-electron chi connectivity index (χ4n) is 11.3. The van der Waals surface area contributed by atoms with E-state index in [0.717, 1.165) is 19.8 Å². The summed E-state index contributed by atoms with van der Waals surface area (Å²) in [5.74, 6) is -7.01. The number of amides is 1. The predicted molar refractivity (Wildman–Crippen MR) is 234 cm³/mol. The number of aliphatic hydroxyl groups excluding tert-OH is 2. The Morgan fingerprint density at radius 3 is 2.00 bits per heavy atom. The molecule has 0 unspecified atom stereocenters. The van der Waals surface area contributed by atoms with E-state index in [-0.39, 0.29) is 35.3 Å². The molecule has 3 aromatic rings. The van der Waals surface area contributed by atoms with Crippen molar-refractivity contribution in [1.82, 2.24) is 5.32 Å². The van der Waals surface area contributed by atoms with Crippen molar-refractivity contribution in [3.8, 4) is 0 Å². The van der Waals surface area contributed by atoms with Gasteiger partial charge >= 0.3 is 23.9 Å². The summed E-state index contributed by atoms with van der Waals surface area (Å²) in [7, 11) is 0. The second kappa shape index (κ2) is 17.8. The molecule has 3 saturated carbocycles. The molecule has 350 valence electrons. The molecular formula is C51H57NO14. The molecule has 0 radical (unpaired) electrons. The zero-order valence-corrected chi connectivity index (χ0v) is 37.6. The molecule has 1 amide bonds. The van der Waals surface area contributed by atoms with Gasteiger partial charge in [0, 0.05) is 30.7 Å². The van der Waals surface area contributed by atoms with Crippen LogP contribution in [0.1, 0.15) is 105 Å². The highest BCUT2D eigenvalue weighted by Gasteiger charge is 2.78. The predicted octanol–water partition coefficient (Wildman–Crippen LogP) is 4.91. The average Bonchev–Trinajstić information content (AvgIpc) is 3.85. The molecule has 15 nitrogen and oxygen atoms in total. The first kappa shape index (κ1) is 46.8. The van der Waals surface area contributed by atoms with Crippen molar-refractivity contribution in [3.05, 3.63) is 119 Å². The van der Waals surface area contributed by atoms with Gasteiger partial charge in [-0.2, -0.15) is 0 Å². The van der Waals surface area contributed by atoms with Crippen molar-refractivity contribution in [2.45, 2.75) is 127 Å². The fourth-order valence-corrected chi connectivity index (χ4v) is 11.3. The Bertz CT molecular complexity index is 2400. The Morgan fingerprint density at radius 1 is 0.833 bits per heavy atom. The van der Waals surface area contributed by atoms with E-state index in [4.69, 9.17) is 23.7 Å². The number of benzene rings is 3. The Labute approximate surface area is 382 Å². The van der Waals surface area contributed by atoms with Crippen LogP contribution in [0.5, 0.6) is 0 Å². The Kier molecular flexibility index (Phi) is 12.6. The second-order valence-electron chi connectivity index (χ2n) is 19.2. The largest absolute Gasteiger partial charge is 0.456 e. The third kappa shape index (κ3) is 7.82. The average molecular weight is 908 g/mol. The Balaban J connectivity index is 1.28. The molecule has 0 aromatic heterocycles. The molecule has 2 bridgehead atoms. The summed E-state index contributed by atoms with van der Waals surface area (Å²) in [6, 6.07) is 23.1. The first-order valence-corrected chi connectivity index (χ1v) is 22.6. The van der Waals surface area contributed by atoms with Crippen molar-refractivity contribution in [1.29, 1.82) is 0 Å². The van der Waals surface area contributed by atoms with Gasteiger partial charge in [-0.1, -0.05) is 93.4 Å². The third-order valence-corrected chi connectivity index (χ3v) is 15.1.